The summed E-state index contributed by atoms with van der Waals surface area (Å²) in [7, 11) is -1.34. The lowest BCUT2D eigenvalue weighted by molar-refractivity contribution is 0.181. The second-order valence-corrected chi connectivity index (χ2v) is 11.1. The zero-order chi connectivity index (χ0) is 22.0. The van der Waals surface area contributed by atoms with Crippen molar-refractivity contribution >= 4 is 39.5 Å². The van der Waals surface area contributed by atoms with Crippen LogP contribution >= 0.6 is 7.14 Å². The van der Waals surface area contributed by atoms with E-state index in [1.54, 1.807) is 7.11 Å². The monoisotopic (exact) mass is 441 g/mol. The Balaban J connectivity index is 1.83. The van der Waals surface area contributed by atoms with Gasteiger partial charge >= 0.3 is 0 Å². The van der Waals surface area contributed by atoms with Crippen LogP contribution in [0.15, 0.2) is 97.1 Å². The van der Waals surface area contributed by atoms with Crippen molar-refractivity contribution in [2.24, 2.45) is 0 Å². The van der Waals surface area contributed by atoms with Crippen molar-refractivity contribution in [3.05, 3.63) is 97.1 Å². The third kappa shape index (κ3) is 3.56. The fraction of sp³-hybridized carbons (Fsp3) is 0.214. The van der Waals surface area contributed by atoms with E-state index in [1.807, 2.05) is 60.7 Å². The van der Waals surface area contributed by atoms with Gasteiger partial charge in [-0.15, -0.1) is 0 Å². The third-order valence-electron chi connectivity index (χ3n) is 6.48. The van der Waals surface area contributed by atoms with Crippen LogP contribution in [0, 0.1) is 0 Å². The second kappa shape index (κ2) is 8.94. The summed E-state index contributed by atoms with van der Waals surface area (Å²) in [4.78, 5) is 2.44. The van der Waals surface area contributed by atoms with Crippen LogP contribution in [-0.4, -0.2) is 26.3 Å². The first-order chi connectivity index (χ1) is 15.7. The predicted octanol–water partition coefficient (Wildman–Crippen LogP) is 5.09. The Labute approximate surface area is 190 Å². The summed E-state index contributed by atoms with van der Waals surface area (Å²) in [6.45, 7) is 1.61. The lowest BCUT2D eigenvalue weighted by Crippen LogP contribution is -2.38. The lowest BCUT2D eigenvalue weighted by Gasteiger charge is -2.32. The van der Waals surface area contributed by atoms with Crippen LogP contribution in [0.5, 0.6) is 0 Å². The molecule has 162 valence electrons. The average molecular weight is 442 g/mol. The van der Waals surface area contributed by atoms with E-state index in [4.69, 9.17) is 4.74 Å². The molecular weight excluding hydrogens is 413 g/mol. The van der Waals surface area contributed by atoms with Gasteiger partial charge in [-0.3, -0.25) is 0 Å². The van der Waals surface area contributed by atoms with E-state index in [2.05, 4.69) is 41.3 Å². The van der Waals surface area contributed by atoms with Crippen molar-refractivity contribution < 1.29 is 9.30 Å². The molecule has 0 radical (unpaired) electrons. The molecule has 1 aliphatic heterocycles. The van der Waals surface area contributed by atoms with Crippen LogP contribution in [0.3, 0.4) is 0 Å². The Morgan fingerprint density at radius 2 is 1.47 bits per heavy atom. The molecule has 3 nitrogen and oxygen atoms in total. The number of methoxy groups -OCH3 is 1. The Hall–Kier alpha value is -2.87. The summed E-state index contributed by atoms with van der Waals surface area (Å²) in [6, 6.07) is 32.8. The van der Waals surface area contributed by atoms with E-state index in [0.717, 1.165) is 46.4 Å². The molecule has 4 aromatic carbocycles. The molecule has 5 rings (SSSR count). The van der Waals surface area contributed by atoms with Gasteiger partial charge < -0.3 is 14.2 Å². The molecule has 4 aromatic rings. The second-order valence-electron chi connectivity index (χ2n) is 8.38. The largest absolute Gasteiger partial charge is 0.383 e. The first kappa shape index (κ1) is 21.0. The highest BCUT2D eigenvalue weighted by molar-refractivity contribution is 7.85. The molecule has 0 aromatic heterocycles. The van der Waals surface area contributed by atoms with Gasteiger partial charge in [0.05, 0.1) is 18.3 Å². The van der Waals surface area contributed by atoms with Gasteiger partial charge in [0, 0.05) is 35.0 Å². The molecule has 0 amide bonds. The van der Waals surface area contributed by atoms with Gasteiger partial charge in [0.1, 0.15) is 0 Å². The summed E-state index contributed by atoms with van der Waals surface area (Å²) < 4.78 is 20.8. The van der Waals surface area contributed by atoms with Crippen LogP contribution in [0.2, 0.25) is 0 Å². The van der Waals surface area contributed by atoms with E-state index >= 15 is 4.57 Å². The fourth-order valence-corrected chi connectivity index (χ4v) is 7.87. The Morgan fingerprint density at radius 3 is 2.12 bits per heavy atom. The highest BCUT2D eigenvalue weighted by atomic mass is 31.2. The molecular formula is C28H28NO2P. The van der Waals surface area contributed by atoms with Crippen LogP contribution in [0.25, 0.3) is 10.8 Å². The Bertz CT molecular complexity index is 1210. The minimum absolute atomic E-state index is 0.282. The summed E-state index contributed by atoms with van der Waals surface area (Å²) in [5.41, 5.74) is 1.10. The van der Waals surface area contributed by atoms with Crippen molar-refractivity contribution in [1.82, 2.24) is 0 Å². The summed E-state index contributed by atoms with van der Waals surface area (Å²) in [5, 5.41) is 4.97. The predicted molar refractivity (Wildman–Crippen MR) is 136 cm³/mol. The lowest BCUT2D eigenvalue weighted by atomic mass is 10.1. The maximum Gasteiger partial charge on any atom is 0.173 e. The number of rotatable bonds is 6. The standard InChI is InChI=1S/C28H28NO2P/c1-31-21-23-12-10-20-29(23)28-26-17-9-8-11-22(26)18-19-27(28)32(30,24-13-4-2-5-14-24)25-15-6-3-7-16-25/h2-9,11,13-19,23H,10,12,20-21H2,1H3. The minimum Gasteiger partial charge on any atom is -0.383 e. The van der Waals surface area contributed by atoms with Gasteiger partial charge in [-0.25, -0.2) is 0 Å². The Morgan fingerprint density at radius 1 is 0.844 bits per heavy atom. The number of benzene rings is 4. The number of hydrogen-bond donors (Lipinski definition) is 0. The third-order valence-corrected chi connectivity index (χ3v) is 9.57. The van der Waals surface area contributed by atoms with Gasteiger partial charge in [-0.1, -0.05) is 91.0 Å². The van der Waals surface area contributed by atoms with Crippen LogP contribution in [0.4, 0.5) is 5.69 Å². The molecule has 1 aliphatic rings. The first-order valence-corrected chi connectivity index (χ1v) is 12.9. The summed E-state index contributed by atoms with van der Waals surface area (Å²) in [6.07, 6.45) is 2.19. The van der Waals surface area contributed by atoms with Crippen LogP contribution in [-0.2, 0) is 9.30 Å². The van der Waals surface area contributed by atoms with Crippen molar-refractivity contribution in [3.63, 3.8) is 0 Å². The van der Waals surface area contributed by atoms with E-state index in [-0.39, 0.29) is 6.04 Å². The number of nitrogens with zero attached hydrogens (tertiary/aromatic N) is 1. The molecule has 32 heavy (non-hydrogen) atoms. The molecule has 0 aliphatic carbocycles. The molecule has 1 fully saturated rings. The van der Waals surface area contributed by atoms with Crippen LogP contribution in [0.1, 0.15) is 12.8 Å². The van der Waals surface area contributed by atoms with E-state index in [1.165, 1.54) is 5.39 Å². The number of anilines is 1. The molecule has 1 unspecified atom stereocenters. The smallest absolute Gasteiger partial charge is 0.173 e. The SMILES string of the molecule is COCC1CCCN1c1c(P(=O)(c2ccccc2)c2ccccc2)ccc2ccccc12. The molecule has 1 atom stereocenters. The maximum atomic E-state index is 15.2. The van der Waals surface area contributed by atoms with E-state index in [0.29, 0.717) is 6.61 Å². The molecule has 1 heterocycles. The highest BCUT2D eigenvalue weighted by Gasteiger charge is 2.36. The molecule has 0 N–H and O–H groups in total. The molecule has 4 heteroatoms. The van der Waals surface area contributed by atoms with Gasteiger partial charge in [-0.2, -0.15) is 0 Å². The maximum absolute atomic E-state index is 15.2. The molecule has 0 spiro atoms. The quantitative estimate of drug-likeness (QED) is 0.390. The summed E-state index contributed by atoms with van der Waals surface area (Å²) >= 11 is 0. The van der Waals surface area contributed by atoms with Crippen molar-refractivity contribution in [2.75, 3.05) is 25.2 Å². The zero-order valence-corrected chi connectivity index (χ0v) is 19.2. The van der Waals surface area contributed by atoms with E-state index in [9.17, 15) is 0 Å². The van der Waals surface area contributed by atoms with Gasteiger partial charge in [-0.05, 0) is 24.3 Å². The number of fused-ring (bicyclic) bond motifs is 1. The summed E-state index contributed by atoms with van der Waals surface area (Å²) in [5.74, 6) is 0. The van der Waals surface area contributed by atoms with Crippen molar-refractivity contribution in [2.45, 2.75) is 18.9 Å². The van der Waals surface area contributed by atoms with Crippen LogP contribution < -0.4 is 20.8 Å². The zero-order valence-electron chi connectivity index (χ0n) is 18.4. The number of ether oxygens (including phenoxy) is 1. The van der Waals surface area contributed by atoms with Crippen molar-refractivity contribution in [1.29, 1.82) is 0 Å². The number of hydrogen-bond acceptors (Lipinski definition) is 3. The average Bonchev–Trinajstić information content (AvgIpc) is 3.32. The first-order valence-electron chi connectivity index (χ1n) is 11.2. The topological polar surface area (TPSA) is 29.5 Å². The highest BCUT2D eigenvalue weighted by Crippen LogP contribution is 2.47. The molecule has 0 saturated carbocycles. The van der Waals surface area contributed by atoms with Crippen molar-refractivity contribution in [3.8, 4) is 0 Å². The molecule has 1 saturated heterocycles. The van der Waals surface area contributed by atoms with Gasteiger partial charge in [0.25, 0.3) is 0 Å². The minimum atomic E-state index is -3.10. The Kier molecular flexibility index (Phi) is 5.87. The molecule has 0 bridgehead atoms. The van der Waals surface area contributed by atoms with E-state index < -0.39 is 7.14 Å². The van der Waals surface area contributed by atoms with Gasteiger partial charge in [0.2, 0.25) is 0 Å². The normalized spacial score (nSPS) is 16.5. The van der Waals surface area contributed by atoms with Gasteiger partial charge in [0.15, 0.2) is 7.14 Å². The fourth-order valence-electron chi connectivity index (χ4n) is 5.00.